The van der Waals surface area contributed by atoms with Gasteiger partial charge in [-0.1, -0.05) is 27.5 Å². The van der Waals surface area contributed by atoms with Gasteiger partial charge in [0.15, 0.2) is 0 Å². The molecule has 86 valence electrons. The van der Waals surface area contributed by atoms with Gasteiger partial charge in [0.2, 0.25) is 5.91 Å². The van der Waals surface area contributed by atoms with Crippen LogP contribution in [0.3, 0.4) is 0 Å². The maximum atomic E-state index is 11.8. The summed E-state index contributed by atoms with van der Waals surface area (Å²) in [7, 11) is 0. The van der Waals surface area contributed by atoms with E-state index in [1.54, 1.807) is 11.1 Å². The van der Waals surface area contributed by atoms with Crippen molar-refractivity contribution in [3.05, 3.63) is 22.8 Å². The van der Waals surface area contributed by atoms with Crippen LogP contribution in [-0.4, -0.2) is 22.8 Å². The van der Waals surface area contributed by atoms with E-state index in [9.17, 15) is 4.79 Å². The number of amides is 1. The Hall–Kier alpha value is -0.610. The van der Waals surface area contributed by atoms with Gasteiger partial charge in [0, 0.05) is 24.5 Å². The summed E-state index contributed by atoms with van der Waals surface area (Å²) < 4.78 is 0. The lowest BCUT2D eigenvalue weighted by atomic mass is 10.2. The number of hydrogen-bond donors (Lipinski definition) is 0. The Bertz CT molecular complexity index is 424. The molecule has 1 saturated heterocycles. The molecule has 1 aliphatic heterocycles. The molecule has 0 aliphatic carbocycles. The molecule has 0 radical (unpaired) electrons. The number of hydrogen-bond acceptors (Lipinski definition) is 2. The first-order valence-corrected chi connectivity index (χ1v) is 6.60. The zero-order valence-corrected chi connectivity index (χ0v) is 11.3. The minimum absolute atomic E-state index is 0.141. The standard InChI is InChI=1S/C11H12BrClN2O/c1-7-2-9(13)5-14-11(7)15-6-8(4-12)3-10(15)16/h2,5,8H,3-4,6H2,1H3. The van der Waals surface area contributed by atoms with Crippen molar-refractivity contribution < 1.29 is 4.79 Å². The van der Waals surface area contributed by atoms with Gasteiger partial charge in [-0.3, -0.25) is 9.69 Å². The van der Waals surface area contributed by atoms with Gasteiger partial charge in [-0.2, -0.15) is 0 Å². The molecule has 0 N–H and O–H groups in total. The van der Waals surface area contributed by atoms with Gasteiger partial charge in [0.25, 0.3) is 0 Å². The summed E-state index contributed by atoms with van der Waals surface area (Å²) in [5.41, 5.74) is 0.941. The fraction of sp³-hybridized carbons (Fsp3) is 0.455. The second kappa shape index (κ2) is 4.72. The molecule has 0 bridgehead atoms. The molecule has 1 amide bonds. The van der Waals surface area contributed by atoms with E-state index in [-0.39, 0.29) is 5.91 Å². The number of alkyl halides is 1. The first kappa shape index (κ1) is 11.9. The second-order valence-electron chi connectivity index (χ2n) is 4.02. The minimum atomic E-state index is 0.141. The van der Waals surface area contributed by atoms with Gasteiger partial charge >= 0.3 is 0 Å². The third-order valence-electron chi connectivity index (χ3n) is 2.70. The summed E-state index contributed by atoms with van der Waals surface area (Å²) in [6, 6.07) is 1.83. The Labute approximate surface area is 108 Å². The van der Waals surface area contributed by atoms with Gasteiger partial charge in [-0.15, -0.1) is 0 Å². The van der Waals surface area contributed by atoms with Crippen LogP contribution >= 0.6 is 27.5 Å². The van der Waals surface area contributed by atoms with Crippen molar-refractivity contribution in [2.24, 2.45) is 5.92 Å². The van der Waals surface area contributed by atoms with E-state index in [2.05, 4.69) is 20.9 Å². The average Bonchev–Trinajstić information content (AvgIpc) is 2.60. The fourth-order valence-corrected chi connectivity index (χ4v) is 2.55. The maximum absolute atomic E-state index is 11.8. The first-order chi connectivity index (χ1) is 7.61. The Morgan fingerprint density at radius 2 is 2.44 bits per heavy atom. The van der Waals surface area contributed by atoms with E-state index in [1.807, 2.05) is 13.0 Å². The highest BCUT2D eigenvalue weighted by Gasteiger charge is 2.31. The first-order valence-electron chi connectivity index (χ1n) is 5.10. The van der Waals surface area contributed by atoms with Gasteiger partial charge in [0.1, 0.15) is 5.82 Å². The molecule has 5 heteroatoms. The summed E-state index contributed by atoms with van der Waals surface area (Å²) in [6.07, 6.45) is 2.17. The van der Waals surface area contributed by atoms with Crippen LogP contribution in [0.25, 0.3) is 0 Å². The summed E-state index contributed by atoms with van der Waals surface area (Å²) in [5, 5.41) is 1.45. The van der Waals surface area contributed by atoms with Crippen LogP contribution in [0, 0.1) is 12.8 Å². The fourth-order valence-electron chi connectivity index (χ4n) is 1.91. The quantitative estimate of drug-likeness (QED) is 0.787. The maximum Gasteiger partial charge on any atom is 0.228 e. The van der Waals surface area contributed by atoms with Gasteiger partial charge < -0.3 is 0 Å². The molecule has 3 nitrogen and oxygen atoms in total. The van der Waals surface area contributed by atoms with Gasteiger partial charge in [-0.05, 0) is 24.5 Å². The molecule has 0 aromatic carbocycles. The van der Waals surface area contributed by atoms with E-state index in [1.165, 1.54) is 0 Å². The highest BCUT2D eigenvalue weighted by molar-refractivity contribution is 9.09. The van der Waals surface area contributed by atoms with Crippen LogP contribution in [0.15, 0.2) is 12.3 Å². The van der Waals surface area contributed by atoms with Crippen molar-refractivity contribution in [3.8, 4) is 0 Å². The third kappa shape index (κ3) is 2.23. The predicted molar refractivity (Wildman–Crippen MR) is 68.2 cm³/mol. The van der Waals surface area contributed by atoms with E-state index in [0.29, 0.717) is 17.4 Å². The lowest BCUT2D eigenvalue weighted by Gasteiger charge is -2.17. The number of aryl methyl sites for hydroxylation is 1. The average molecular weight is 304 g/mol. The lowest BCUT2D eigenvalue weighted by molar-refractivity contribution is -0.117. The van der Waals surface area contributed by atoms with Crippen LogP contribution in [0.2, 0.25) is 5.02 Å². The van der Waals surface area contributed by atoms with Crippen LogP contribution in [0.5, 0.6) is 0 Å². The molecule has 2 heterocycles. The molecule has 2 rings (SSSR count). The number of carbonyl (C=O) groups excluding carboxylic acids is 1. The molecule has 1 fully saturated rings. The van der Waals surface area contributed by atoms with Crippen LogP contribution in [0.4, 0.5) is 5.82 Å². The van der Waals surface area contributed by atoms with Crippen molar-refractivity contribution in [1.29, 1.82) is 0 Å². The monoisotopic (exact) mass is 302 g/mol. The van der Waals surface area contributed by atoms with E-state index >= 15 is 0 Å². The van der Waals surface area contributed by atoms with Crippen molar-refractivity contribution >= 4 is 39.3 Å². The highest BCUT2D eigenvalue weighted by atomic mass is 79.9. The van der Waals surface area contributed by atoms with Crippen molar-refractivity contribution in [2.75, 3.05) is 16.8 Å². The van der Waals surface area contributed by atoms with E-state index in [0.717, 1.165) is 23.3 Å². The molecule has 1 aromatic heterocycles. The molecule has 0 spiro atoms. The van der Waals surface area contributed by atoms with E-state index < -0.39 is 0 Å². The minimum Gasteiger partial charge on any atom is -0.296 e. The summed E-state index contributed by atoms with van der Waals surface area (Å²) in [5.74, 6) is 1.25. The molecule has 16 heavy (non-hydrogen) atoms. The summed E-state index contributed by atoms with van der Waals surface area (Å²) >= 11 is 9.26. The normalized spacial score (nSPS) is 20.6. The number of anilines is 1. The Balaban J connectivity index is 2.28. The Morgan fingerprint density at radius 3 is 3.00 bits per heavy atom. The number of pyridine rings is 1. The third-order valence-corrected chi connectivity index (χ3v) is 3.82. The number of aromatic nitrogens is 1. The Morgan fingerprint density at radius 1 is 1.69 bits per heavy atom. The lowest BCUT2D eigenvalue weighted by Crippen LogP contribution is -2.26. The molecule has 1 aliphatic rings. The molecule has 1 atom stereocenters. The van der Waals surface area contributed by atoms with Crippen molar-refractivity contribution in [3.63, 3.8) is 0 Å². The number of halogens is 2. The zero-order chi connectivity index (χ0) is 11.7. The number of rotatable bonds is 2. The summed E-state index contributed by atoms with van der Waals surface area (Å²) in [4.78, 5) is 17.8. The molecular formula is C11H12BrClN2O. The smallest absolute Gasteiger partial charge is 0.228 e. The Kier molecular flexibility index (Phi) is 3.50. The molecular weight excluding hydrogens is 291 g/mol. The van der Waals surface area contributed by atoms with Crippen molar-refractivity contribution in [1.82, 2.24) is 4.98 Å². The predicted octanol–water partition coefficient (Wildman–Crippen LogP) is 2.79. The highest BCUT2D eigenvalue weighted by Crippen LogP contribution is 2.27. The van der Waals surface area contributed by atoms with E-state index in [4.69, 9.17) is 11.6 Å². The SMILES string of the molecule is Cc1cc(Cl)cnc1N1CC(CBr)CC1=O. The molecule has 1 aromatic rings. The van der Waals surface area contributed by atoms with Crippen LogP contribution in [0.1, 0.15) is 12.0 Å². The number of nitrogens with zero attached hydrogens (tertiary/aromatic N) is 2. The largest absolute Gasteiger partial charge is 0.296 e. The zero-order valence-electron chi connectivity index (χ0n) is 8.91. The van der Waals surface area contributed by atoms with Gasteiger partial charge in [0.05, 0.1) is 5.02 Å². The number of carbonyl (C=O) groups is 1. The topological polar surface area (TPSA) is 33.2 Å². The van der Waals surface area contributed by atoms with Gasteiger partial charge in [-0.25, -0.2) is 4.98 Å². The molecule has 0 saturated carbocycles. The van der Waals surface area contributed by atoms with Crippen LogP contribution < -0.4 is 4.90 Å². The van der Waals surface area contributed by atoms with Crippen molar-refractivity contribution in [2.45, 2.75) is 13.3 Å². The second-order valence-corrected chi connectivity index (χ2v) is 5.11. The summed E-state index contributed by atoms with van der Waals surface area (Å²) in [6.45, 7) is 2.66. The molecule has 1 unspecified atom stereocenters. The van der Waals surface area contributed by atoms with Crippen LogP contribution in [-0.2, 0) is 4.79 Å².